The average Bonchev–Trinajstić information content (AvgIpc) is 3.30. The maximum absolute atomic E-state index is 13.7. The smallest absolute Gasteiger partial charge is 0.327 e. The highest BCUT2D eigenvalue weighted by Gasteiger charge is 2.74. The van der Waals surface area contributed by atoms with Gasteiger partial charge in [0.2, 0.25) is 5.91 Å². The van der Waals surface area contributed by atoms with Crippen molar-refractivity contribution in [3.63, 3.8) is 0 Å². The van der Waals surface area contributed by atoms with Gasteiger partial charge in [0, 0.05) is 13.0 Å². The van der Waals surface area contributed by atoms with E-state index in [0.29, 0.717) is 29.9 Å². The van der Waals surface area contributed by atoms with Crippen LogP contribution in [0.5, 0.6) is 0 Å². The summed E-state index contributed by atoms with van der Waals surface area (Å²) in [5.41, 5.74) is 2.92. The van der Waals surface area contributed by atoms with E-state index >= 15 is 0 Å². The zero-order valence-corrected chi connectivity index (χ0v) is 25.8. The number of carbonyl (C=O) groups is 2. The molecule has 0 spiro atoms. The number of ether oxygens (including phenoxy) is 4. The molecular formula is C34H44N2O8. The van der Waals surface area contributed by atoms with Crippen LogP contribution < -0.4 is 5.32 Å². The summed E-state index contributed by atoms with van der Waals surface area (Å²) in [6, 6.07) is 7.49. The Hall–Kier alpha value is -2.34. The Bertz CT molecular complexity index is 1360. The minimum atomic E-state index is -1.19. The number of rotatable bonds is 6. The molecule has 2 N–H and O–H groups in total. The number of nitrogens with one attached hydrogen (secondary N) is 1. The molecule has 8 rings (SSSR count). The summed E-state index contributed by atoms with van der Waals surface area (Å²) in [5.74, 6) is 0.499. The van der Waals surface area contributed by atoms with Crippen LogP contribution in [0.1, 0.15) is 70.4 Å². The summed E-state index contributed by atoms with van der Waals surface area (Å²) in [6.07, 6.45) is 6.52. The summed E-state index contributed by atoms with van der Waals surface area (Å²) >= 11 is 0. The number of aliphatic hydroxyl groups excluding tert-OH is 1. The normalized spacial score (nSPS) is 44.3. The van der Waals surface area contributed by atoms with Crippen molar-refractivity contribution < 1.29 is 38.5 Å². The van der Waals surface area contributed by atoms with Crippen molar-refractivity contribution in [2.75, 3.05) is 19.9 Å². The van der Waals surface area contributed by atoms with Crippen molar-refractivity contribution in [3.8, 4) is 0 Å². The topological polar surface area (TPSA) is 119 Å². The summed E-state index contributed by atoms with van der Waals surface area (Å²) in [7, 11) is 0. The van der Waals surface area contributed by atoms with Gasteiger partial charge in [-0.3, -0.25) is 14.4 Å². The lowest BCUT2D eigenvalue weighted by molar-refractivity contribution is -0.201. The molecule has 44 heavy (non-hydrogen) atoms. The molecule has 10 nitrogen and oxygen atoms in total. The van der Waals surface area contributed by atoms with E-state index in [9.17, 15) is 14.7 Å². The molecule has 1 amide bonds. The minimum absolute atomic E-state index is 0.0608. The van der Waals surface area contributed by atoms with Gasteiger partial charge in [0.15, 0.2) is 6.04 Å². The van der Waals surface area contributed by atoms with Crippen molar-refractivity contribution in [1.82, 2.24) is 10.4 Å². The molecule has 10 atom stereocenters. The molecule has 4 aliphatic heterocycles. The molecule has 4 saturated heterocycles. The third-order valence-electron chi connectivity index (χ3n) is 12.0. The molecule has 7 aliphatic rings. The second-order valence-corrected chi connectivity index (χ2v) is 14.9. The average molecular weight is 609 g/mol. The van der Waals surface area contributed by atoms with Gasteiger partial charge in [-0.1, -0.05) is 49.8 Å². The fourth-order valence-electron chi connectivity index (χ4n) is 9.49. The first-order chi connectivity index (χ1) is 21.1. The lowest BCUT2D eigenvalue weighted by Crippen LogP contribution is -2.69. The maximum Gasteiger partial charge on any atom is 0.327 e. The van der Waals surface area contributed by atoms with Crippen LogP contribution in [0.25, 0.3) is 6.08 Å². The van der Waals surface area contributed by atoms with Crippen molar-refractivity contribution in [2.45, 2.75) is 108 Å². The molecule has 1 aromatic carbocycles. The summed E-state index contributed by atoms with van der Waals surface area (Å²) in [4.78, 5) is 33.6. The van der Waals surface area contributed by atoms with Gasteiger partial charge in [-0.05, 0) is 67.4 Å². The zero-order chi connectivity index (χ0) is 30.4. The number of esters is 1. The Morgan fingerprint density at radius 3 is 2.68 bits per heavy atom. The van der Waals surface area contributed by atoms with Gasteiger partial charge in [0.25, 0.3) is 0 Å². The van der Waals surface area contributed by atoms with E-state index in [-0.39, 0.29) is 37.9 Å². The lowest BCUT2D eigenvalue weighted by Gasteiger charge is -2.53. The predicted molar refractivity (Wildman–Crippen MR) is 157 cm³/mol. The monoisotopic (exact) mass is 608 g/mol. The van der Waals surface area contributed by atoms with Crippen LogP contribution in [-0.4, -0.2) is 84.2 Å². The lowest BCUT2D eigenvalue weighted by atomic mass is 9.52. The highest BCUT2D eigenvalue weighted by molar-refractivity contribution is 5.93. The largest absolute Gasteiger partial charge is 0.458 e. The molecule has 0 radical (unpaired) electrons. The molecule has 3 saturated carbocycles. The van der Waals surface area contributed by atoms with Crippen molar-refractivity contribution >= 4 is 18.0 Å². The number of carbonyl (C=O) groups excluding carboxylic acids is 2. The standard InChI is InChI=1S/C34H44N2O8/c1-32(2)15-22-21(8-9-25-33(3,43-25)11-10-23(22)32)14-19-4-6-20(7-5-19)17-36-28-30(38)42-24-16-34(28,31(39)35-12-13-37)29(44-36)27-26(24)40-18-41-27/h4-7,14,22-29,37H,8-13,15-18H2,1-3H3,(H,35,39)/t22-,23-,24+,25?,26+,27+,28+,29-,33-,34+/m1/s1. The van der Waals surface area contributed by atoms with E-state index in [0.717, 1.165) is 24.8 Å². The first-order valence-electron chi connectivity index (χ1n) is 16.4. The predicted octanol–water partition coefficient (Wildman–Crippen LogP) is 3.11. The number of amides is 1. The van der Waals surface area contributed by atoms with Crippen molar-refractivity contribution in [1.29, 1.82) is 0 Å². The van der Waals surface area contributed by atoms with Gasteiger partial charge in [0.1, 0.15) is 36.6 Å². The Kier molecular flexibility index (Phi) is 6.83. The number of benzene rings is 1. The second-order valence-electron chi connectivity index (χ2n) is 14.9. The minimum Gasteiger partial charge on any atom is -0.458 e. The van der Waals surface area contributed by atoms with Crippen LogP contribution in [0.4, 0.5) is 0 Å². The fourth-order valence-corrected chi connectivity index (χ4v) is 9.49. The van der Waals surface area contributed by atoms with E-state index in [1.54, 1.807) is 5.06 Å². The quantitative estimate of drug-likeness (QED) is 0.371. The van der Waals surface area contributed by atoms with E-state index < -0.39 is 41.8 Å². The SMILES string of the molecule is CC1(C)C[C@@H]2C(=Cc3ccc(CN4O[C@@H]5[C@H]6OCO[C@H]6[C@@H]6C[C@]5(C(=O)NCCO)[C@@H]4C(=O)O6)cc3)CCC3O[C@]3(C)CC[C@H]21. The van der Waals surface area contributed by atoms with E-state index in [4.69, 9.17) is 23.8 Å². The van der Waals surface area contributed by atoms with E-state index in [2.05, 4.69) is 56.4 Å². The maximum atomic E-state index is 13.7. The van der Waals surface area contributed by atoms with Gasteiger partial charge < -0.3 is 29.4 Å². The van der Waals surface area contributed by atoms with Crippen molar-refractivity contribution in [2.24, 2.45) is 22.7 Å². The van der Waals surface area contributed by atoms with Crippen LogP contribution in [-0.2, 0) is 39.9 Å². The molecule has 0 aromatic heterocycles. The van der Waals surface area contributed by atoms with E-state index in [1.807, 2.05) is 0 Å². The molecule has 3 aliphatic carbocycles. The molecular weight excluding hydrogens is 564 g/mol. The molecule has 10 heteroatoms. The van der Waals surface area contributed by atoms with Gasteiger partial charge in [-0.25, -0.2) is 0 Å². The number of hydroxylamine groups is 2. The van der Waals surface area contributed by atoms with Gasteiger partial charge in [-0.2, -0.15) is 5.06 Å². The number of allylic oxidation sites excluding steroid dienone is 1. The molecule has 238 valence electrons. The summed E-state index contributed by atoms with van der Waals surface area (Å²) in [6.45, 7) is 7.37. The molecule has 1 aromatic rings. The molecule has 1 unspecified atom stereocenters. The first-order valence-corrected chi connectivity index (χ1v) is 16.4. The zero-order valence-electron chi connectivity index (χ0n) is 25.8. The highest BCUT2D eigenvalue weighted by Crippen LogP contribution is 2.60. The highest BCUT2D eigenvalue weighted by atomic mass is 16.8. The summed E-state index contributed by atoms with van der Waals surface area (Å²) in [5, 5.41) is 13.8. The Morgan fingerprint density at radius 2 is 1.91 bits per heavy atom. The number of hydrogen-bond donors (Lipinski definition) is 2. The van der Waals surface area contributed by atoms with Gasteiger partial charge in [0.05, 0.1) is 24.9 Å². The van der Waals surface area contributed by atoms with Gasteiger partial charge in [-0.15, -0.1) is 0 Å². The third kappa shape index (κ3) is 4.43. The fraction of sp³-hybridized carbons (Fsp3) is 0.706. The Labute approximate surface area is 258 Å². The Balaban J connectivity index is 1.03. The summed E-state index contributed by atoms with van der Waals surface area (Å²) < 4.78 is 23.6. The number of aliphatic hydroxyl groups is 1. The van der Waals surface area contributed by atoms with Crippen LogP contribution in [0.2, 0.25) is 0 Å². The Morgan fingerprint density at radius 1 is 1.11 bits per heavy atom. The number of epoxide rings is 1. The number of fused-ring (bicyclic) bond motifs is 6. The van der Waals surface area contributed by atoms with Gasteiger partial charge >= 0.3 is 5.97 Å². The second kappa shape index (κ2) is 10.3. The van der Waals surface area contributed by atoms with E-state index in [1.165, 1.54) is 24.0 Å². The van der Waals surface area contributed by atoms with Crippen molar-refractivity contribution in [3.05, 3.63) is 41.0 Å². The molecule has 2 bridgehead atoms. The van der Waals surface area contributed by atoms with Crippen LogP contribution in [0.15, 0.2) is 29.8 Å². The third-order valence-corrected chi connectivity index (χ3v) is 12.0. The van der Waals surface area contributed by atoms with Crippen LogP contribution in [0, 0.1) is 22.7 Å². The van der Waals surface area contributed by atoms with Crippen LogP contribution >= 0.6 is 0 Å². The number of nitrogens with zero attached hydrogens (tertiary/aromatic N) is 1. The molecule has 4 heterocycles. The molecule has 7 fully saturated rings. The first kappa shape index (κ1) is 29.1. The van der Waals surface area contributed by atoms with Crippen LogP contribution in [0.3, 0.4) is 0 Å². The number of hydrogen-bond acceptors (Lipinski definition) is 9.